The number of ether oxygens (including phenoxy) is 1. The number of fused-ring (bicyclic) bond motifs is 1. The smallest absolute Gasteiger partial charge is 0.328 e. The largest absolute Gasteiger partial charge is 0.492 e. The van der Waals surface area contributed by atoms with Crippen LogP contribution in [0.3, 0.4) is 0 Å². The van der Waals surface area contributed by atoms with E-state index in [1.54, 1.807) is 44.4 Å². The lowest BCUT2D eigenvalue weighted by molar-refractivity contribution is 0.287. The van der Waals surface area contributed by atoms with Crippen LogP contribution in [-0.4, -0.2) is 42.1 Å². The molecule has 0 spiro atoms. The fraction of sp³-hybridized carbons (Fsp3) is 0.278. The van der Waals surface area contributed by atoms with Gasteiger partial charge in [0.15, 0.2) is 0 Å². The van der Waals surface area contributed by atoms with Gasteiger partial charge in [-0.15, -0.1) is 0 Å². The number of aromatic nitrogens is 2. The summed E-state index contributed by atoms with van der Waals surface area (Å²) in [5.74, 6) is 0.578. The molecule has 2 aromatic carbocycles. The zero-order valence-electron chi connectivity index (χ0n) is 15.2. The molecule has 3 rings (SSSR count). The van der Waals surface area contributed by atoms with E-state index in [1.807, 2.05) is 0 Å². The molecule has 1 aromatic heterocycles. The third kappa shape index (κ3) is 3.73. The first-order valence-corrected chi connectivity index (χ1v) is 10.0. The summed E-state index contributed by atoms with van der Waals surface area (Å²) in [5, 5.41) is 0.551. The first kappa shape index (κ1) is 19.5. The third-order valence-corrected chi connectivity index (χ3v) is 6.51. The molecule has 0 saturated heterocycles. The lowest BCUT2D eigenvalue weighted by Gasteiger charge is -2.17. The van der Waals surface area contributed by atoms with E-state index in [0.717, 1.165) is 0 Å². The summed E-state index contributed by atoms with van der Waals surface area (Å²) in [5.41, 5.74) is 1.03. The third-order valence-electron chi connectivity index (χ3n) is 4.42. The average Bonchev–Trinajstić information content (AvgIpc) is 2.85. The summed E-state index contributed by atoms with van der Waals surface area (Å²) in [6.07, 6.45) is 0. The van der Waals surface area contributed by atoms with E-state index in [4.69, 9.17) is 16.3 Å². The molecule has 0 aliphatic rings. The van der Waals surface area contributed by atoms with Gasteiger partial charge in [0.2, 0.25) is 10.0 Å². The zero-order chi connectivity index (χ0) is 19.8. The van der Waals surface area contributed by atoms with Gasteiger partial charge in [-0.25, -0.2) is 13.2 Å². The van der Waals surface area contributed by atoms with Crippen LogP contribution in [0.15, 0.2) is 52.2 Å². The fourth-order valence-electron chi connectivity index (χ4n) is 2.80. The van der Waals surface area contributed by atoms with Crippen molar-refractivity contribution in [3.8, 4) is 5.75 Å². The van der Waals surface area contributed by atoms with Gasteiger partial charge in [0.25, 0.3) is 0 Å². The normalized spacial score (nSPS) is 12.0. The Morgan fingerprint density at radius 2 is 1.78 bits per heavy atom. The van der Waals surface area contributed by atoms with Gasteiger partial charge in [-0.2, -0.15) is 4.31 Å². The van der Waals surface area contributed by atoms with Gasteiger partial charge in [0.05, 0.1) is 15.9 Å². The predicted octanol–water partition coefficient (Wildman–Crippen LogP) is 2.23. The lowest BCUT2D eigenvalue weighted by Crippen LogP contribution is -2.31. The van der Waals surface area contributed by atoms with Gasteiger partial charge in [-0.1, -0.05) is 17.7 Å². The van der Waals surface area contributed by atoms with Crippen molar-refractivity contribution in [1.29, 1.82) is 0 Å². The first-order valence-electron chi connectivity index (χ1n) is 8.22. The van der Waals surface area contributed by atoms with Crippen molar-refractivity contribution < 1.29 is 13.2 Å². The maximum Gasteiger partial charge on any atom is 0.328 e. The van der Waals surface area contributed by atoms with Crippen molar-refractivity contribution >= 4 is 32.7 Å². The fourth-order valence-corrected chi connectivity index (χ4v) is 4.15. The molecule has 0 bridgehead atoms. The Kier molecular flexibility index (Phi) is 5.32. The lowest BCUT2D eigenvalue weighted by atomic mass is 10.3. The van der Waals surface area contributed by atoms with Crippen LogP contribution < -0.4 is 10.4 Å². The van der Waals surface area contributed by atoms with Crippen LogP contribution in [0, 0.1) is 0 Å². The van der Waals surface area contributed by atoms with Crippen LogP contribution in [0.4, 0.5) is 0 Å². The summed E-state index contributed by atoms with van der Waals surface area (Å²) < 4.78 is 35.3. The minimum Gasteiger partial charge on any atom is -0.492 e. The second-order valence-corrected chi connectivity index (χ2v) is 8.66. The Labute approximate surface area is 162 Å². The average molecular weight is 410 g/mol. The predicted molar refractivity (Wildman–Crippen MR) is 105 cm³/mol. The van der Waals surface area contributed by atoms with E-state index in [1.165, 1.54) is 32.6 Å². The van der Waals surface area contributed by atoms with Crippen molar-refractivity contribution in [1.82, 2.24) is 13.4 Å². The summed E-state index contributed by atoms with van der Waals surface area (Å²) in [6.45, 7) is 0.350. The van der Waals surface area contributed by atoms with E-state index in [-0.39, 0.29) is 23.7 Å². The van der Waals surface area contributed by atoms with Gasteiger partial charge in [0, 0.05) is 32.7 Å². The number of imidazole rings is 1. The molecule has 0 fully saturated rings. The van der Waals surface area contributed by atoms with Gasteiger partial charge in [-0.3, -0.25) is 9.13 Å². The maximum atomic E-state index is 12.8. The molecule has 1 heterocycles. The minimum atomic E-state index is -3.71. The Morgan fingerprint density at radius 3 is 2.48 bits per heavy atom. The molecule has 3 aromatic rings. The molecular formula is C18H20ClN3O4S. The molecule has 9 heteroatoms. The first-order chi connectivity index (χ1) is 12.7. The second kappa shape index (κ2) is 7.38. The molecule has 0 atom stereocenters. The number of likely N-dealkylation sites (N-methyl/N-ethyl adjacent to an activating group) is 1. The molecule has 27 heavy (non-hydrogen) atoms. The quantitative estimate of drug-likeness (QED) is 0.625. The minimum absolute atomic E-state index is 0.126. The van der Waals surface area contributed by atoms with Gasteiger partial charge >= 0.3 is 5.69 Å². The Bertz CT molecular complexity index is 1150. The molecule has 0 amide bonds. The number of hydrogen-bond donors (Lipinski definition) is 0. The van der Waals surface area contributed by atoms with E-state index in [9.17, 15) is 13.2 Å². The molecule has 144 valence electrons. The molecule has 0 unspecified atom stereocenters. The summed E-state index contributed by atoms with van der Waals surface area (Å²) in [7, 11) is 1.05. The molecule has 0 aliphatic carbocycles. The number of sulfonamides is 1. The van der Waals surface area contributed by atoms with Gasteiger partial charge in [0.1, 0.15) is 12.4 Å². The van der Waals surface area contributed by atoms with E-state index >= 15 is 0 Å². The Morgan fingerprint density at radius 1 is 1.07 bits per heavy atom. The van der Waals surface area contributed by atoms with Crippen LogP contribution in [-0.2, 0) is 24.1 Å². The standard InChI is InChI=1S/C18H20ClN3O4S/c1-20(9-10-26-14-6-4-5-13(19)11-14)27(24,25)15-7-8-16-17(12-15)22(3)18(23)21(16)2/h4-8,11-12H,9-10H2,1-3H3. The van der Waals surface area contributed by atoms with Crippen LogP contribution in [0.25, 0.3) is 11.0 Å². The zero-order valence-corrected chi connectivity index (χ0v) is 16.8. The SMILES string of the molecule is CN(CCOc1cccc(Cl)c1)S(=O)(=O)c1ccc2c(c1)n(C)c(=O)n2C. The second-order valence-electron chi connectivity index (χ2n) is 6.18. The Balaban J connectivity index is 1.78. The number of aryl methyl sites for hydroxylation is 2. The molecule has 0 N–H and O–H groups in total. The highest BCUT2D eigenvalue weighted by Gasteiger charge is 2.22. The molecule has 0 saturated carbocycles. The van der Waals surface area contributed by atoms with Crippen molar-refractivity contribution in [2.45, 2.75) is 4.90 Å². The number of rotatable bonds is 6. The highest BCUT2D eigenvalue weighted by Crippen LogP contribution is 2.21. The van der Waals surface area contributed by atoms with Gasteiger partial charge in [-0.05, 0) is 36.4 Å². The van der Waals surface area contributed by atoms with Gasteiger partial charge < -0.3 is 4.74 Å². The van der Waals surface area contributed by atoms with Crippen molar-refractivity contribution in [2.75, 3.05) is 20.2 Å². The van der Waals surface area contributed by atoms with Crippen molar-refractivity contribution in [3.63, 3.8) is 0 Å². The maximum absolute atomic E-state index is 12.8. The van der Waals surface area contributed by atoms with Crippen LogP contribution in [0.2, 0.25) is 5.02 Å². The van der Waals surface area contributed by atoms with Crippen LogP contribution >= 0.6 is 11.6 Å². The number of benzene rings is 2. The highest BCUT2D eigenvalue weighted by molar-refractivity contribution is 7.89. The topological polar surface area (TPSA) is 73.5 Å². The summed E-state index contributed by atoms with van der Waals surface area (Å²) in [6, 6.07) is 11.6. The number of halogens is 1. The monoisotopic (exact) mass is 409 g/mol. The van der Waals surface area contributed by atoms with Crippen molar-refractivity contribution in [2.24, 2.45) is 14.1 Å². The molecule has 0 aliphatic heterocycles. The number of hydrogen-bond acceptors (Lipinski definition) is 4. The molecule has 0 radical (unpaired) electrons. The van der Waals surface area contributed by atoms with E-state index in [2.05, 4.69) is 0 Å². The molecular weight excluding hydrogens is 390 g/mol. The van der Waals surface area contributed by atoms with Crippen molar-refractivity contribution in [3.05, 3.63) is 58.0 Å². The van der Waals surface area contributed by atoms with Crippen LogP contribution in [0.5, 0.6) is 5.75 Å². The molecule has 7 nitrogen and oxygen atoms in total. The Hall–Kier alpha value is -2.29. The summed E-state index contributed by atoms with van der Waals surface area (Å²) in [4.78, 5) is 12.1. The van der Waals surface area contributed by atoms with E-state index < -0.39 is 10.0 Å². The number of nitrogens with zero attached hydrogens (tertiary/aromatic N) is 3. The van der Waals surface area contributed by atoms with E-state index in [0.29, 0.717) is 21.8 Å². The summed E-state index contributed by atoms with van der Waals surface area (Å²) >= 11 is 5.90. The highest BCUT2D eigenvalue weighted by atomic mass is 35.5. The van der Waals surface area contributed by atoms with Crippen LogP contribution in [0.1, 0.15) is 0 Å².